The normalized spacial score (nSPS) is 15.4. The first-order valence-corrected chi connectivity index (χ1v) is 15.9. The molecule has 3 aromatic carbocycles. The molecule has 2 N–H and O–H groups in total. The summed E-state index contributed by atoms with van der Waals surface area (Å²) in [6.07, 6.45) is -10.5. The van der Waals surface area contributed by atoms with E-state index in [4.69, 9.17) is 23.2 Å². The highest BCUT2D eigenvalue weighted by molar-refractivity contribution is 6.36. The van der Waals surface area contributed by atoms with Gasteiger partial charge in [-0.05, 0) is 73.9 Å². The van der Waals surface area contributed by atoms with Crippen molar-refractivity contribution < 1.29 is 45.1 Å². The molecule has 2 amide bonds. The topological polar surface area (TPSA) is 88.5 Å². The Labute approximate surface area is 291 Å². The first kappa shape index (κ1) is 37.0. The highest BCUT2D eigenvalue weighted by atomic mass is 35.5. The van der Waals surface area contributed by atoms with Crippen molar-refractivity contribution in [2.24, 2.45) is 12.5 Å². The molecule has 0 bridgehead atoms. The van der Waals surface area contributed by atoms with E-state index in [1.54, 1.807) is 22.6 Å². The number of benzene rings is 3. The van der Waals surface area contributed by atoms with Crippen LogP contribution in [0.4, 0.5) is 42.1 Å². The Morgan fingerprint density at radius 1 is 1.02 bits per heavy atom. The van der Waals surface area contributed by atoms with Gasteiger partial charge in [-0.1, -0.05) is 29.3 Å². The van der Waals surface area contributed by atoms with E-state index >= 15 is 0 Å². The summed E-state index contributed by atoms with van der Waals surface area (Å²) in [5.41, 5.74) is -0.218. The number of hydrogen-bond donors (Lipinski definition) is 2. The van der Waals surface area contributed by atoms with Gasteiger partial charge >= 0.3 is 12.5 Å². The van der Waals surface area contributed by atoms with Crippen LogP contribution >= 0.6 is 23.2 Å². The second-order valence-corrected chi connectivity index (χ2v) is 13.1. The molecule has 1 atom stereocenters. The third-order valence-electron chi connectivity index (χ3n) is 8.47. The molecule has 17 heteroatoms. The number of hydrogen-bond acceptors (Lipinski definition) is 5. The molecule has 0 spiro atoms. The molecule has 1 aromatic heterocycles. The Morgan fingerprint density at radius 2 is 1.70 bits per heavy atom. The minimum Gasteiger partial charge on any atom is -0.406 e. The summed E-state index contributed by atoms with van der Waals surface area (Å²) < 4.78 is 97.6. The second kappa shape index (κ2) is 13.8. The highest BCUT2D eigenvalue weighted by Gasteiger charge is 2.52. The maximum Gasteiger partial charge on any atom is 0.573 e. The van der Waals surface area contributed by atoms with Gasteiger partial charge in [-0.15, -0.1) is 13.2 Å². The van der Waals surface area contributed by atoms with E-state index in [1.165, 1.54) is 30.3 Å². The number of carbonyl (C=O) groups is 2. The van der Waals surface area contributed by atoms with Crippen molar-refractivity contribution in [1.29, 1.82) is 0 Å². The monoisotopic (exact) mass is 747 g/mol. The number of carbonyl (C=O) groups excluding carboxylic acids is 2. The standard InChI is InChI=1S/C33H30Cl2F7N5O3/c1-31(2,32(37,38)39)30(49)43-15-17-4-9-23(34)21(28(17)35)13-27-45-24-12-22(25(14-26(24)46(27)3)47-11-10-18(36)16-47)29(48)44-19-5-7-20(8-6-19)50-33(40,41)42/h4-9,12,14,18H,10-11,13,15-16H2,1-3H3,(H,43,49)(H,44,48)/t18-/m1/s1. The lowest BCUT2D eigenvalue weighted by atomic mass is 9.91. The van der Waals surface area contributed by atoms with Crippen molar-refractivity contribution in [1.82, 2.24) is 14.9 Å². The molecule has 1 saturated heterocycles. The first-order valence-electron chi connectivity index (χ1n) is 15.1. The number of ether oxygens (including phenoxy) is 1. The highest BCUT2D eigenvalue weighted by Crippen LogP contribution is 2.38. The van der Waals surface area contributed by atoms with Gasteiger partial charge in [0.1, 0.15) is 23.2 Å². The molecule has 2 heterocycles. The summed E-state index contributed by atoms with van der Waals surface area (Å²) in [7, 11) is 1.71. The Kier molecular flexibility index (Phi) is 10.2. The lowest BCUT2D eigenvalue weighted by molar-refractivity contribution is -0.274. The number of amides is 2. The van der Waals surface area contributed by atoms with Crippen LogP contribution in [-0.2, 0) is 24.8 Å². The van der Waals surface area contributed by atoms with Crippen molar-refractivity contribution in [3.05, 3.63) is 81.1 Å². The van der Waals surface area contributed by atoms with E-state index < -0.39 is 41.7 Å². The Balaban J connectivity index is 1.44. The number of aryl methyl sites for hydroxylation is 1. The van der Waals surface area contributed by atoms with Gasteiger partial charge in [0, 0.05) is 43.8 Å². The predicted molar refractivity (Wildman–Crippen MR) is 174 cm³/mol. The summed E-state index contributed by atoms with van der Waals surface area (Å²) >= 11 is 13.2. The quantitative estimate of drug-likeness (QED) is 0.168. The van der Waals surface area contributed by atoms with Crippen LogP contribution in [0.3, 0.4) is 0 Å². The Hall–Kier alpha value is -4.24. The number of fused-ring (bicyclic) bond motifs is 1. The maximum atomic E-state index is 14.3. The van der Waals surface area contributed by atoms with Crippen LogP contribution in [-0.4, -0.2) is 53.2 Å². The van der Waals surface area contributed by atoms with Crippen molar-refractivity contribution >= 4 is 57.4 Å². The molecule has 50 heavy (non-hydrogen) atoms. The van der Waals surface area contributed by atoms with Crippen molar-refractivity contribution in [2.45, 2.75) is 51.9 Å². The molecular weight excluding hydrogens is 718 g/mol. The molecule has 0 aliphatic carbocycles. The number of nitrogens with zero attached hydrogens (tertiary/aromatic N) is 3. The molecule has 0 radical (unpaired) electrons. The van der Waals surface area contributed by atoms with Crippen LogP contribution in [0.2, 0.25) is 10.0 Å². The number of anilines is 2. The fourth-order valence-corrected chi connectivity index (χ4v) is 5.95. The molecule has 5 rings (SSSR count). The average molecular weight is 749 g/mol. The summed E-state index contributed by atoms with van der Waals surface area (Å²) in [5, 5.41) is 5.29. The zero-order chi connectivity index (χ0) is 36.8. The smallest absolute Gasteiger partial charge is 0.406 e. The average Bonchev–Trinajstić information content (AvgIpc) is 3.59. The van der Waals surface area contributed by atoms with Gasteiger partial charge in [0.05, 0.1) is 27.3 Å². The van der Waals surface area contributed by atoms with E-state index in [2.05, 4.69) is 20.4 Å². The first-order chi connectivity index (χ1) is 23.2. The van der Waals surface area contributed by atoms with E-state index in [-0.39, 0.29) is 47.2 Å². The third kappa shape index (κ3) is 7.88. The number of nitrogens with one attached hydrogen (secondary N) is 2. The molecule has 0 unspecified atom stereocenters. The van der Waals surface area contributed by atoms with Gasteiger partial charge in [-0.25, -0.2) is 9.37 Å². The molecule has 268 valence electrons. The molecule has 8 nitrogen and oxygen atoms in total. The van der Waals surface area contributed by atoms with Crippen LogP contribution in [0.1, 0.15) is 47.6 Å². The number of alkyl halides is 7. The van der Waals surface area contributed by atoms with Gasteiger partial charge in [0.25, 0.3) is 5.91 Å². The van der Waals surface area contributed by atoms with E-state index in [9.17, 15) is 40.3 Å². The van der Waals surface area contributed by atoms with Crippen LogP contribution in [0.25, 0.3) is 11.0 Å². The fraction of sp³-hybridized carbons (Fsp3) is 0.364. The zero-order valence-electron chi connectivity index (χ0n) is 26.7. The van der Waals surface area contributed by atoms with Crippen LogP contribution in [0.15, 0.2) is 48.5 Å². The molecular formula is C33H30Cl2F7N5O3. The Morgan fingerprint density at radius 3 is 2.30 bits per heavy atom. The van der Waals surface area contributed by atoms with E-state index in [1.807, 2.05) is 0 Å². The maximum absolute atomic E-state index is 14.3. The Bertz CT molecular complexity index is 1930. The minimum absolute atomic E-state index is 0.0364. The van der Waals surface area contributed by atoms with Gasteiger partial charge < -0.3 is 24.8 Å². The van der Waals surface area contributed by atoms with Gasteiger partial charge in [0.15, 0.2) is 0 Å². The van der Waals surface area contributed by atoms with Gasteiger partial charge in [-0.2, -0.15) is 13.2 Å². The van der Waals surface area contributed by atoms with Crippen molar-refractivity contribution in [3.63, 3.8) is 0 Å². The number of rotatable bonds is 9. The molecule has 0 saturated carbocycles. The minimum atomic E-state index is -4.88. The molecule has 1 aliphatic rings. The van der Waals surface area contributed by atoms with Crippen LogP contribution < -0.4 is 20.3 Å². The van der Waals surface area contributed by atoms with Crippen LogP contribution in [0.5, 0.6) is 5.75 Å². The molecule has 4 aromatic rings. The summed E-state index contributed by atoms with van der Waals surface area (Å²) in [6, 6.07) is 10.8. The van der Waals surface area contributed by atoms with Crippen molar-refractivity contribution in [2.75, 3.05) is 23.3 Å². The summed E-state index contributed by atoms with van der Waals surface area (Å²) in [4.78, 5) is 32.3. The SMILES string of the molecule is Cn1c(Cc2c(Cl)ccc(CNC(=O)C(C)(C)C(F)(F)F)c2Cl)nc2cc(C(=O)Nc3ccc(OC(F)(F)F)cc3)c(N3CC[C@@H](F)C3)cc21. The fourth-order valence-electron chi connectivity index (χ4n) is 5.38. The number of imidazole rings is 1. The number of aromatic nitrogens is 2. The largest absolute Gasteiger partial charge is 0.573 e. The molecule has 1 aliphatic heterocycles. The van der Waals surface area contributed by atoms with Crippen molar-refractivity contribution in [3.8, 4) is 5.75 Å². The lowest BCUT2D eigenvalue weighted by Gasteiger charge is -2.26. The lowest BCUT2D eigenvalue weighted by Crippen LogP contribution is -2.46. The van der Waals surface area contributed by atoms with E-state index in [0.717, 1.165) is 26.0 Å². The third-order valence-corrected chi connectivity index (χ3v) is 9.29. The predicted octanol–water partition coefficient (Wildman–Crippen LogP) is 8.37. The van der Waals surface area contributed by atoms with Gasteiger partial charge in [0.2, 0.25) is 5.91 Å². The summed E-state index contributed by atoms with van der Waals surface area (Å²) in [6.45, 7) is 1.62. The van der Waals surface area contributed by atoms with E-state index in [0.29, 0.717) is 40.2 Å². The van der Waals surface area contributed by atoms with Gasteiger partial charge in [-0.3, -0.25) is 9.59 Å². The molecule has 1 fully saturated rings. The zero-order valence-corrected chi connectivity index (χ0v) is 28.2. The summed E-state index contributed by atoms with van der Waals surface area (Å²) in [5.74, 6) is -1.87. The van der Waals surface area contributed by atoms with Crippen LogP contribution in [0, 0.1) is 5.41 Å². The second-order valence-electron chi connectivity index (χ2n) is 12.3. The number of halogens is 9.